The molecule has 0 saturated heterocycles. The summed E-state index contributed by atoms with van der Waals surface area (Å²) in [4.78, 5) is 10.4. The second-order valence-corrected chi connectivity index (χ2v) is 2.87. The molecule has 7 nitrogen and oxygen atoms in total. The average Bonchev–Trinajstić information content (AvgIpc) is 2.42. The molecule has 5 N–H and O–H groups in total. The average molecular weight is 201 g/mol. The van der Waals surface area contributed by atoms with Crippen LogP contribution in [0.4, 0.5) is 5.82 Å². The van der Waals surface area contributed by atoms with Crippen molar-refractivity contribution < 1.29 is 20.1 Å². The Kier molecular flexibility index (Phi) is 2.73. The Morgan fingerprint density at radius 3 is 2.57 bits per heavy atom. The standard InChI is InChI=1S/C7H11N3O4/c1-10-2-3(6(8)9-10)4(11)5(12)7(13)14/h2,4-5,11-12H,1H3,(H2,8,9)(H,13,14). The number of hydrogen-bond donors (Lipinski definition) is 4. The van der Waals surface area contributed by atoms with Crippen molar-refractivity contribution in [2.75, 3.05) is 5.73 Å². The van der Waals surface area contributed by atoms with E-state index < -0.39 is 18.2 Å². The number of anilines is 1. The number of aliphatic hydroxyl groups excluding tert-OH is 2. The number of nitrogen functional groups attached to an aromatic ring is 1. The highest BCUT2D eigenvalue weighted by Gasteiger charge is 2.28. The lowest BCUT2D eigenvalue weighted by Gasteiger charge is -2.12. The summed E-state index contributed by atoms with van der Waals surface area (Å²) >= 11 is 0. The number of aromatic nitrogens is 2. The number of carboxylic acids is 1. The first-order valence-electron chi connectivity index (χ1n) is 3.81. The van der Waals surface area contributed by atoms with E-state index >= 15 is 0 Å². The summed E-state index contributed by atoms with van der Waals surface area (Å²) < 4.78 is 1.32. The van der Waals surface area contributed by atoms with Crippen molar-refractivity contribution in [2.24, 2.45) is 7.05 Å². The van der Waals surface area contributed by atoms with Crippen molar-refractivity contribution in [2.45, 2.75) is 12.2 Å². The number of carbonyl (C=O) groups is 1. The maximum atomic E-state index is 10.4. The molecule has 0 fully saturated rings. The minimum atomic E-state index is -1.90. The third kappa shape index (κ3) is 1.83. The lowest BCUT2D eigenvalue weighted by atomic mass is 10.1. The molecule has 2 atom stereocenters. The van der Waals surface area contributed by atoms with Crippen LogP contribution in [0.2, 0.25) is 0 Å². The van der Waals surface area contributed by atoms with Crippen LogP contribution in [0, 0.1) is 0 Å². The lowest BCUT2D eigenvalue weighted by Crippen LogP contribution is -2.27. The Balaban J connectivity index is 2.94. The smallest absolute Gasteiger partial charge is 0.335 e. The van der Waals surface area contributed by atoms with Crippen LogP contribution in [-0.2, 0) is 11.8 Å². The summed E-state index contributed by atoms with van der Waals surface area (Å²) in [6.45, 7) is 0. The van der Waals surface area contributed by atoms with Gasteiger partial charge in [0, 0.05) is 18.8 Å². The van der Waals surface area contributed by atoms with Gasteiger partial charge in [0.1, 0.15) is 6.10 Å². The molecule has 1 aromatic rings. The van der Waals surface area contributed by atoms with Gasteiger partial charge in [-0.3, -0.25) is 4.68 Å². The van der Waals surface area contributed by atoms with Crippen molar-refractivity contribution in [3.05, 3.63) is 11.8 Å². The molecule has 0 spiro atoms. The zero-order chi connectivity index (χ0) is 10.9. The molecule has 14 heavy (non-hydrogen) atoms. The molecule has 0 amide bonds. The minimum Gasteiger partial charge on any atom is -0.479 e. The van der Waals surface area contributed by atoms with Crippen LogP contribution in [0.1, 0.15) is 11.7 Å². The number of hydrogen-bond acceptors (Lipinski definition) is 5. The fourth-order valence-corrected chi connectivity index (χ4v) is 1.06. The van der Waals surface area contributed by atoms with E-state index in [4.69, 9.17) is 15.9 Å². The summed E-state index contributed by atoms with van der Waals surface area (Å²) in [6.07, 6.45) is -2.12. The summed E-state index contributed by atoms with van der Waals surface area (Å²) in [5.74, 6) is -1.51. The van der Waals surface area contributed by atoms with Gasteiger partial charge in [0.05, 0.1) is 0 Å². The summed E-state index contributed by atoms with van der Waals surface area (Å²) in [7, 11) is 1.57. The predicted molar refractivity (Wildman–Crippen MR) is 46.2 cm³/mol. The van der Waals surface area contributed by atoms with Crippen LogP contribution in [0.25, 0.3) is 0 Å². The Bertz CT molecular complexity index is 349. The van der Waals surface area contributed by atoms with Crippen LogP contribution in [0.5, 0.6) is 0 Å². The third-order valence-electron chi connectivity index (χ3n) is 1.76. The molecule has 0 radical (unpaired) electrons. The van der Waals surface area contributed by atoms with E-state index in [2.05, 4.69) is 5.10 Å². The largest absolute Gasteiger partial charge is 0.479 e. The van der Waals surface area contributed by atoms with Crippen LogP contribution in [-0.4, -0.2) is 37.2 Å². The molecule has 0 saturated carbocycles. The Morgan fingerprint density at radius 2 is 2.21 bits per heavy atom. The number of aliphatic hydroxyl groups is 2. The number of nitrogens with zero attached hydrogens (tertiary/aromatic N) is 2. The third-order valence-corrected chi connectivity index (χ3v) is 1.76. The number of aryl methyl sites for hydroxylation is 1. The molecular weight excluding hydrogens is 190 g/mol. The van der Waals surface area contributed by atoms with E-state index in [1.165, 1.54) is 10.9 Å². The molecule has 0 aliphatic rings. The van der Waals surface area contributed by atoms with E-state index in [1.807, 2.05) is 0 Å². The quantitative estimate of drug-likeness (QED) is 0.471. The van der Waals surface area contributed by atoms with Gasteiger partial charge in [0.15, 0.2) is 11.9 Å². The van der Waals surface area contributed by atoms with Gasteiger partial charge in [-0.1, -0.05) is 0 Å². The molecule has 7 heteroatoms. The monoisotopic (exact) mass is 201 g/mol. The highest BCUT2D eigenvalue weighted by Crippen LogP contribution is 2.21. The number of carboxylic acid groups (broad SMARTS) is 1. The van der Waals surface area contributed by atoms with Gasteiger partial charge in [-0.2, -0.15) is 5.10 Å². The topological polar surface area (TPSA) is 122 Å². The van der Waals surface area contributed by atoms with Gasteiger partial charge in [-0.25, -0.2) is 4.79 Å². The Labute approximate surface area is 79.4 Å². The van der Waals surface area contributed by atoms with Gasteiger partial charge in [0.2, 0.25) is 0 Å². The fourth-order valence-electron chi connectivity index (χ4n) is 1.06. The van der Waals surface area contributed by atoms with Gasteiger partial charge in [-0.05, 0) is 0 Å². The highest BCUT2D eigenvalue weighted by atomic mass is 16.4. The van der Waals surface area contributed by atoms with E-state index in [0.29, 0.717) is 0 Å². The molecule has 2 unspecified atom stereocenters. The summed E-state index contributed by atoms with van der Waals surface area (Å²) in [6, 6.07) is 0. The molecule has 0 aliphatic carbocycles. The zero-order valence-corrected chi connectivity index (χ0v) is 7.45. The van der Waals surface area contributed by atoms with Gasteiger partial charge >= 0.3 is 5.97 Å². The summed E-state index contributed by atoms with van der Waals surface area (Å²) in [5, 5.41) is 30.6. The van der Waals surface area contributed by atoms with Crippen molar-refractivity contribution in [3.8, 4) is 0 Å². The lowest BCUT2D eigenvalue weighted by molar-refractivity contribution is -0.153. The van der Waals surface area contributed by atoms with Crippen LogP contribution in [0.3, 0.4) is 0 Å². The SMILES string of the molecule is Cn1cc(C(O)C(O)C(=O)O)c(N)n1. The van der Waals surface area contributed by atoms with E-state index in [1.54, 1.807) is 7.05 Å². The Hall–Kier alpha value is -1.60. The van der Waals surface area contributed by atoms with Gasteiger partial charge < -0.3 is 21.1 Å². The van der Waals surface area contributed by atoms with Gasteiger partial charge in [0.25, 0.3) is 0 Å². The van der Waals surface area contributed by atoms with E-state index in [-0.39, 0.29) is 11.4 Å². The van der Waals surface area contributed by atoms with Crippen molar-refractivity contribution in [3.63, 3.8) is 0 Å². The van der Waals surface area contributed by atoms with E-state index in [9.17, 15) is 9.90 Å². The first-order valence-corrected chi connectivity index (χ1v) is 3.81. The molecule has 0 bridgehead atoms. The molecular formula is C7H11N3O4. The number of nitrogens with two attached hydrogens (primary N) is 1. The minimum absolute atomic E-state index is 0.000278. The van der Waals surface area contributed by atoms with Crippen LogP contribution < -0.4 is 5.73 Å². The molecule has 1 rings (SSSR count). The second-order valence-electron chi connectivity index (χ2n) is 2.87. The van der Waals surface area contributed by atoms with Crippen molar-refractivity contribution >= 4 is 11.8 Å². The van der Waals surface area contributed by atoms with Crippen LogP contribution >= 0.6 is 0 Å². The number of aliphatic carboxylic acids is 1. The van der Waals surface area contributed by atoms with Gasteiger partial charge in [-0.15, -0.1) is 0 Å². The maximum absolute atomic E-state index is 10.4. The fraction of sp³-hybridized carbons (Fsp3) is 0.429. The zero-order valence-electron chi connectivity index (χ0n) is 7.45. The molecule has 78 valence electrons. The van der Waals surface area contributed by atoms with Crippen molar-refractivity contribution in [1.82, 2.24) is 9.78 Å². The first-order chi connectivity index (χ1) is 6.43. The normalized spacial score (nSPS) is 15.1. The second kappa shape index (κ2) is 3.64. The molecule has 1 aromatic heterocycles. The first kappa shape index (κ1) is 10.5. The number of rotatable bonds is 3. The highest BCUT2D eigenvalue weighted by molar-refractivity contribution is 5.73. The molecule has 0 aromatic carbocycles. The molecule has 0 aliphatic heterocycles. The predicted octanol–water partition coefficient (Wildman–Crippen LogP) is -1.52. The van der Waals surface area contributed by atoms with E-state index in [0.717, 1.165) is 0 Å². The van der Waals surface area contributed by atoms with Crippen molar-refractivity contribution in [1.29, 1.82) is 0 Å². The molecule has 1 heterocycles. The van der Waals surface area contributed by atoms with Crippen LogP contribution in [0.15, 0.2) is 6.20 Å². The Morgan fingerprint density at radius 1 is 1.64 bits per heavy atom. The maximum Gasteiger partial charge on any atom is 0.335 e. The summed E-state index contributed by atoms with van der Waals surface area (Å²) in [5.41, 5.74) is 5.48.